The van der Waals surface area contributed by atoms with Crippen molar-refractivity contribution in [2.45, 2.75) is 168 Å². The highest BCUT2D eigenvalue weighted by molar-refractivity contribution is 6.17. The molecule has 0 aliphatic carbocycles. The van der Waals surface area contributed by atoms with Gasteiger partial charge < -0.3 is 0 Å². The Balaban J connectivity index is 0. The maximum Gasteiger partial charge on any atom is 0.355 e. The van der Waals surface area contributed by atoms with Gasteiger partial charge in [0.05, 0.1) is 6.42 Å². The van der Waals surface area contributed by atoms with Crippen LogP contribution in [0.4, 0.5) is 0 Å². The molecule has 31 heavy (non-hydrogen) atoms. The van der Waals surface area contributed by atoms with Crippen molar-refractivity contribution >= 4 is 17.6 Å². The van der Waals surface area contributed by atoms with Gasteiger partial charge in [0.2, 0.25) is 0 Å². The summed E-state index contributed by atoms with van der Waals surface area (Å²) in [7, 11) is 0. The third-order valence-corrected chi connectivity index (χ3v) is 6.24. The fourth-order valence-electron chi connectivity index (χ4n) is 3.87. The second-order valence-corrected chi connectivity index (χ2v) is 9.61. The number of unbranched alkanes of at least 4 members (excludes halogenated alkanes) is 21. The minimum atomic E-state index is -0.907. The van der Waals surface area contributed by atoms with Gasteiger partial charge >= 0.3 is 5.97 Å². The van der Waals surface area contributed by atoms with Crippen LogP contribution < -0.4 is 0 Å². The summed E-state index contributed by atoms with van der Waals surface area (Å²) in [6.07, 6.45) is 30.9. The van der Waals surface area contributed by atoms with E-state index < -0.39 is 5.97 Å². The zero-order chi connectivity index (χ0) is 23.3. The minimum Gasteiger partial charge on any atom is -0.247 e. The number of rotatable bonds is 24. The van der Waals surface area contributed by atoms with Gasteiger partial charge in [-0.2, -0.15) is 0 Å². The lowest BCUT2D eigenvalue weighted by atomic mass is 10.1. The van der Waals surface area contributed by atoms with Crippen LogP contribution in [0, 0.1) is 0 Å². The number of alkyl halides is 1. The zero-order valence-electron chi connectivity index (χ0n) is 21.4. The Morgan fingerprint density at radius 1 is 0.452 bits per heavy atom. The average Bonchev–Trinajstić information content (AvgIpc) is 2.76. The van der Waals surface area contributed by atoms with Crippen LogP contribution in [0.5, 0.6) is 0 Å². The zero-order valence-corrected chi connectivity index (χ0v) is 22.1. The van der Waals surface area contributed by atoms with Crippen molar-refractivity contribution in [1.29, 1.82) is 0 Å². The first-order chi connectivity index (χ1) is 15.2. The molecule has 0 saturated carbocycles. The summed E-state index contributed by atoms with van der Waals surface area (Å²) in [6.45, 7) is 4.52. The largest absolute Gasteiger partial charge is 0.355 e. The van der Waals surface area contributed by atoms with E-state index in [1.165, 1.54) is 135 Å². The van der Waals surface area contributed by atoms with E-state index in [1.54, 1.807) is 0 Å². The lowest BCUT2D eigenvalue weighted by Crippen LogP contribution is -1.91. The first-order valence-corrected chi connectivity index (χ1v) is 14.5. The molecule has 0 aromatic heterocycles. The molecule has 0 N–H and O–H groups in total. The van der Waals surface area contributed by atoms with E-state index in [4.69, 9.17) is 11.6 Å². The first kappa shape index (κ1) is 32.9. The van der Waals surface area contributed by atoms with E-state index in [2.05, 4.69) is 13.8 Å². The van der Waals surface area contributed by atoms with Crippen LogP contribution in [-0.4, -0.2) is 11.8 Å². The van der Waals surface area contributed by atoms with Crippen LogP contribution in [0.25, 0.3) is 0 Å². The van der Waals surface area contributed by atoms with E-state index in [-0.39, 0.29) is 6.42 Å². The highest BCUT2D eigenvalue weighted by Gasteiger charge is 1.98. The highest BCUT2D eigenvalue weighted by Crippen LogP contribution is 2.13. The molecule has 0 spiro atoms. The molecule has 0 amide bonds. The van der Waals surface area contributed by atoms with Gasteiger partial charge in [-0.25, -0.2) is 9.90 Å². The van der Waals surface area contributed by atoms with Crippen molar-refractivity contribution in [3.8, 4) is 0 Å². The number of hydrogen-bond acceptors (Lipinski definition) is 1. The summed E-state index contributed by atoms with van der Waals surface area (Å²) >= 11 is 5.62. The van der Waals surface area contributed by atoms with Crippen LogP contribution in [0.1, 0.15) is 168 Å². The van der Waals surface area contributed by atoms with Crippen molar-refractivity contribution in [2.24, 2.45) is 0 Å². The number of carbonyl (C=O) groups is 1. The van der Waals surface area contributed by atoms with Crippen LogP contribution in [-0.2, 0) is 9.90 Å². The van der Waals surface area contributed by atoms with E-state index in [0.717, 1.165) is 18.7 Å². The summed E-state index contributed by atoms with van der Waals surface area (Å²) in [5.74, 6) is -0.0619. The van der Waals surface area contributed by atoms with E-state index in [1.807, 2.05) is 0 Å². The molecular formula is C28H56ClO2. The Labute approximate surface area is 201 Å². The summed E-state index contributed by atoms with van der Waals surface area (Å²) < 4.78 is 0. The lowest BCUT2D eigenvalue weighted by Gasteiger charge is -2.01. The van der Waals surface area contributed by atoms with Gasteiger partial charge in [-0.3, -0.25) is 0 Å². The van der Waals surface area contributed by atoms with Crippen molar-refractivity contribution < 1.29 is 9.90 Å². The van der Waals surface area contributed by atoms with E-state index >= 15 is 0 Å². The van der Waals surface area contributed by atoms with Crippen LogP contribution in [0.2, 0.25) is 0 Å². The molecule has 0 saturated heterocycles. The predicted molar refractivity (Wildman–Crippen MR) is 139 cm³/mol. The molecule has 3 heteroatoms. The maximum atomic E-state index is 10.1. The number of halogens is 1. The summed E-state index contributed by atoms with van der Waals surface area (Å²) in [4.78, 5) is 10.1. The Morgan fingerprint density at radius 3 is 0.968 bits per heavy atom. The molecule has 0 heterocycles. The molecule has 0 aromatic carbocycles. The van der Waals surface area contributed by atoms with Crippen LogP contribution >= 0.6 is 11.6 Å². The molecule has 0 aromatic rings. The maximum absolute atomic E-state index is 10.1. The predicted octanol–water partition coefficient (Wildman–Crippen LogP) is 10.6. The van der Waals surface area contributed by atoms with E-state index in [0.29, 0.717) is 0 Å². The first-order valence-electron chi connectivity index (χ1n) is 13.9. The quantitative estimate of drug-likeness (QED) is 0.104. The van der Waals surface area contributed by atoms with Crippen molar-refractivity contribution in [3.63, 3.8) is 0 Å². The number of hydrogen-bond donors (Lipinski definition) is 0. The SMILES string of the molecule is CCCCCCCCCCCCCC([O])=O.CCCCCCCCCCCCCCCl. The van der Waals surface area contributed by atoms with Gasteiger partial charge in [0.15, 0.2) is 0 Å². The fourth-order valence-corrected chi connectivity index (χ4v) is 4.06. The molecule has 0 unspecified atom stereocenters. The Kier molecular flexibility index (Phi) is 33.9. The fraction of sp³-hybridized carbons (Fsp3) is 0.964. The third-order valence-electron chi connectivity index (χ3n) is 5.97. The van der Waals surface area contributed by atoms with Gasteiger partial charge in [0, 0.05) is 5.88 Å². The molecule has 187 valence electrons. The molecule has 2 nitrogen and oxygen atoms in total. The second kappa shape index (κ2) is 31.9. The van der Waals surface area contributed by atoms with Gasteiger partial charge in [0.25, 0.3) is 0 Å². The lowest BCUT2D eigenvalue weighted by molar-refractivity contribution is -0.143. The van der Waals surface area contributed by atoms with E-state index in [9.17, 15) is 9.90 Å². The Bertz CT molecular complexity index is 308. The Hall–Kier alpha value is -0.240. The molecule has 0 fully saturated rings. The molecule has 0 atom stereocenters. The monoisotopic (exact) mass is 459 g/mol. The van der Waals surface area contributed by atoms with Gasteiger partial charge in [-0.1, -0.05) is 149 Å². The number of carbonyl (C=O) groups excluding carboxylic acids is 1. The average molecular weight is 460 g/mol. The molecule has 1 radical (unpaired) electrons. The second-order valence-electron chi connectivity index (χ2n) is 9.24. The van der Waals surface area contributed by atoms with Crippen LogP contribution in [0.15, 0.2) is 0 Å². The topological polar surface area (TPSA) is 37.0 Å². The third kappa shape index (κ3) is 37.4. The molecule has 0 aliphatic rings. The molecular weight excluding hydrogens is 404 g/mol. The van der Waals surface area contributed by atoms with Crippen LogP contribution in [0.3, 0.4) is 0 Å². The van der Waals surface area contributed by atoms with Gasteiger partial charge in [-0.15, -0.1) is 11.6 Å². The van der Waals surface area contributed by atoms with Gasteiger partial charge in [-0.05, 0) is 12.8 Å². The van der Waals surface area contributed by atoms with Crippen molar-refractivity contribution in [3.05, 3.63) is 0 Å². The Morgan fingerprint density at radius 2 is 0.710 bits per heavy atom. The summed E-state index contributed by atoms with van der Waals surface area (Å²) in [5, 5.41) is 10.1. The highest BCUT2D eigenvalue weighted by atomic mass is 35.5. The van der Waals surface area contributed by atoms with Crippen molar-refractivity contribution in [1.82, 2.24) is 0 Å². The molecule has 0 aliphatic heterocycles. The standard InChI is InChI=1S/C14H29Cl.C14H27O2/c1-2-3-4-5-6-7-8-9-10-11-12-13-14-15;1-2-3-4-5-6-7-8-9-10-11-12-13-14(15)16/h2-14H2,1H3;2-13H2,1H3. The minimum absolute atomic E-state index is 0.233. The molecule has 0 bridgehead atoms. The molecule has 0 rings (SSSR count). The summed E-state index contributed by atoms with van der Waals surface area (Å²) in [6, 6.07) is 0. The normalized spacial score (nSPS) is 10.7. The smallest absolute Gasteiger partial charge is 0.247 e. The van der Waals surface area contributed by atoms with Gasteiger partial charge in [0.1, 0.15) is 0 Å². The van der Waals surface area contributed by atoms with Crippen molar-refractivity contribution in [2.75, 3.05) is 5.88 Å². The summed E-state index contributed by atoms with van der Waals surface area (Å²) in [5.41, 5.74) is 0.